The van der Waals surface area contributed by atoms with E-state index in [1.165, 1.54) is 22.2 Å². The number of sulfonamides is 1. The summed E-state index contributed by atoms with van der Waals surface area (Å²) < 4.78 is 31.5. The number of hydrogen-bond acceptors (Lipinski definition) is 5. The van der Waals surface area contributed by atoms with E-state index in [-0.39, 0.29) is 24.9 Å². The van der Waals surface area contributed by atoms with E-state index in [2.05, 4.69) is 5.16 Å². The first-order valence-corrected chi connectivity index (χ1v) is 8.80. The Morgan fingerprint density at radius 3 is 2.86 bits per heavy atom. The normalized spacial score (nSPS) is 17.8. The topological polar surface area (TPSA) is 83.6 Å². The minimum absolute atomic E-state index is 0.0825. The molecule has 2 aromatic rings. The molecule has 1 aromatic carbocycles. The highest BCUT2D eigenvalue weighted by molar-refractivity contribution is 7.88. The lowest BCUT2D eigenvalue weighted by Crippen LogP contribution is -2.37. The van der Waals surface area contributed by atoms with Crippen LogP contribution in [0, 0.1) is 0 Å². The number of aromatic nitrogens is 1. The summed E-state index contributed by atoms with van der Waals surface area (Å²) >= 11 is 0. The lowest BCUT2D eigenvalue weighted by Gasteiger charge is -2.28. The van der Waals surface area contributed by atoms with Crippen molar-refractivity contribution in [1.82, 2.24) is 9.46 Å². The molecule has 1 heterocycles. The zero-order valence-corrected chi connectivity index (χ0v) is 12.9. The Bertz CT molecular complexity index is 728. The maximum absolute atomic E-state index is 12.7. The first-order valence-electron chi connectivity index (χ1n) is 7.19. The van der Waals surface area contributed by atoms with Gasteiger partial charge in [-0.25, -0.2) is 8.42 Å². The van der Waals surface area contributed by atoms with Crippen LogP contribution < -0.4 is 0 Å². The molecular formula is C15H18N2O4S. The first-order chi connectivity index (χ1) is 10.6. The molecular weight excluding hydrogens is 304 g/mol. The Morgan fingerprint density at radius 2 is 2.14 bits per heavy atom. The standard InChI is InChI=1S/C15H18N2O4S/c18-9-8-17(22(19,20)11-13-7-10-21-16-13)15-6-5-12-3-1-2-4-14(12)15/h1-4,7,10,15,18H,5-6,8-9,11H2. The van der Waals surface area contributed by atoms with Crippen LogP contribution in [0.5, 0.6) is 0 Å². The predicted octanol–water partition coefficient (Wildman–Crippen LogP) is 1.49. The zero-order chi connectivity index (χ0) is 15.6. The highest BCUT2D eigenvalue weighted by atomic mass is 32.2. The fraction of sp³-hybridized carbons (Fsp3) is 0.400. The van der Waals surface area contributed by atoms with Crippen molar-refractivity contribution in [1.29, 1.82) is 0 Å². The summed E-state index contributed by atoms with van der Waals surface area (Å²) in [6, 6.07) is 9.18. The number of hydrogen-bond donors (Lipinski definition) is 1. The lowest BCUT2D eigenvalue weighted by atomic mass is 10.1. The zero-order valence-electron chi connectivity index (χ0n) is 12.1. The van der Waals surface area contributed by atoms with Crippen LogP contribution in [0.3, 0.4) is 0 Å². The maximum atomic E-state index is 12.7. The Kier molecular flexibility index (Phi) is 4.28. The van der Waals surface area contributed by atoms with Gasteiger partial charge >= 0.3 is 0 Å². The number of benzene rings is 1. The highest BCUT2D eigenvalue weighted by Gasteiger charge is 2.35. The summed E-state index contributed by atoms with van der Waals surface area (Å²) in [7, 11) is -3.58. The fourth-order valence-electron chi connectivity index (χ4n) is 3.00. The molecule has 0 saturated carbocycles. The van der Waals surface area contributed by atoms with Crippen molar-refractivity contribution in [3.05, 3.63) is 53.4 Å². The molecule has 0 spiro atoms. The second-order valence-electron chi connectivity index (χ2n) is 5.33. The summed E-state index contributed by atoms with van der Waals surface area (Å²) in [5, 5.41) is 13.0. The van der Waals surface area contributed by atoms with Crippen LogP contribution in [0.25, 0.3) is 0 Å². The van der Waals surface area contributed by atoms with Crippen molar-refractivity contribution < 1.29 is 18.0 Å². The minimum Gasteiger partial charge on any atom is -0.395 e. The van der Waals surface area contributed by atoms with Crippen molar-refractivity contribution in [2.45, 2.75) is 24.6 Å². The van der Waals surface area contributed by atoms with Gasteiger partial charge in [-0.3, -0.25) is 0 Å². The third kappa shape index (κ3) is 2.92. The van der Waals surface area contributed by atoms with Gasteiger partial charge in [-0.2, -0.15) is 4.31 Å². The summed E-state index contributed by atoms with van der Waals surface area (Å²) in [6.45, 7) is -0.129. The van der Waals surface area contributed by atoms with Crippen LogP contribution in [0.1, 0.15) is 29.3 Å². The fourth-order valence-corrected chi connectivity index (χ4v) is 4.66. The summed E-state index contributed by atoms with van der Waals surface area (Å²) in [5.41, 5.74) is 2.57. The van der Waals surface area contributed by atoms with Crippen LogP contribution in [-0.2, 0) is 22.2 Å². The lowest BCUT2D eigenvalue weighted by molar-refractivity contribution is 0.225. The molecule has 0 bridgehead atoms. The van der Waals surface area contributed by atoms with E-state index < -0.39 is 10.0 Å². The summed E-state index contributed by atoms with van der Waals surface area (Å²) in [6.07, 6.45) is 2.94. The van der Waals surface area contributed by atoms with Crippen LogP contribution in [-0.4, -0.2) is 36.1 Å². The van der Waals surface area contributed by atoms with Crippen molar-refractivity contribution in [2.75, 3.05) is 13.2 Å². The molecule has 1 unspecified atom stereocenters. The van der Waals surface area contributed by atoms with E-state index >= 15 is 0 Å². The minimum atomic E-state index is -3.58. The Morgan fingerprint density at radius 1 is 1.32 bits per heavy atom. The molecule has 1 aliphatic carbocycles. The van der Waals surface area contributed by atoms with E-state index in [1.807, 2.05) is 24.3 Å². The van der Waals surface area contributed by atoms with Gasteiger partial charge in [0.15, 0.2) is 0 Å². The van der Waals surface area contributed by atoms with Crippen molar-refractivity contribution in [3.8, 4) is 0 Å². The smallest absolute Gasteiger partial charge is 0.220 e. The maximum Gasteiger partial charge on any atom is 0.220 e. The average Bonchev–Trinajstić information content (AvgIpc) is 3.13. The Balaban J connectivity index is 1.90. The SMILES string of the molecule is O=S(=O)(Cc1ccon1)N(CCO)C1CCc2ccccc21. The molecule has 0 radical (unpaired) electrons. The van der Waals surface area contributed by atoms with Gasteiger partial charge in [0.05, 0.1) is 18.3 Å². The number of fused-ring (bicyclic) bond motifs is 1. The first kappa shape index (κ1) is 15.2. The second-order valence-corrected chi connectivity index (χ2v) is 7.26. The van der Waals surface area contributed by atoms with Crippen molar-refractivity contribution in [3.63, 3.8) is 0 Å². The molecule has 0 amide bonds. The quantitative estimate of drug-likeness (QED) is 0.871. The van der Waals surface area contributed by atoms with Crippen LogP contribution >= 0.6 is 0 Å². The van der Waals surface area contributed by atoms with Gasteiger partial charge in [-0.1, -0.05) is 29.4 Å². The second kappa shape index (κ2) is 6.20. The summed E-state index contributed by atoms with van der Waals surface area (Å²) in [4.78, 5) is 0. The summed E-state index contributed by atoms with van der Waals surface area (Å²) in [5.74, 6) is -0.220. The van der Waals surface area contributed by atoms with E-state index in [0.717, 1.165) is 18.4 Å². The number of nitrogens with zero attached hydrogens (tertiary/aromatic N) is 2. The largest absolute Gasteiger partial charge is 0.395 e. The molecule has 118 valence electrons. The molecule has 0 saturated heterocycles. The Hall–Kier alpha value is -1.70. The molecule has 22 heavy (non-hydrogen) atoms. The number of aryl methyl sites for hydroxylation is 1. The number of rotatable bonds is 6. The Labute approximate surface area is 129 Å². The van der Waals surface area contributed by atoms with Crippen LogP contribution in [0.4, 0.5) is 0 Å². The molecule has 7 heteroatoms. The van der Waals surface area contributed by atoms with Crippen molar-refractivity contribution in [2.24, 2.45) is 0 Å². The van der Waals surface area contributed by atoms with Crippen LogP contribution in [0.15, 0.2) is 41.1 Å². The van der Waals surface area contributed by atoms with Gasteiger partial charge in [0, 0.05) is 12.6 Å². The molecule has 1 aromatic heterocycles. The molecule has 0 aliphatic heterocycles. The third-order valence-electron chi connectivity index (χ3n) is 3.95. The molecule has 3 rings (SSSR count). The average molecular weight is 322 g/mol. The van der Waals surface area contributed by atoms with Gasteiger partial charge in [-0.05, 0) is 24.0 Å². The number of aliphatic hydroxyl groups excluding tert-OH is 1. The van der Waals surface area contributed by atoms with E-state index in [9.17, 15) is 13.5 Å². The van der Waals surface area contributed by atoms with Crippen LogP contribution in [0.2, 0.25) is 0 Å². The van der Waals surface area contributed by atoms with E-state index in [1.54, 1.807) is 0 Å². The van der Waals surface area contributed by atoms with Gasteiger partial charge in [0.2, 0.25) is 10.0 Å². The highest BCUT2D eigenvalue weighted by Crippen LogP contribution is 2.37. The van der Waals surface area contributed by atoms with E-state index in [0.29, 0.717) is 5.69 Å². The predicted molar refractivity (Wildman–Crippen MR) is 80.4 cm³/mol. The van der Waals surface area contributed by atoms with Crippen molar-refractivity contribution >= 4 is 10.0 Å². The van der Waals surface area contributed by atoms with Gasteiger partial charge < -0.3 is 9.63 Å². The molecule has 6 nitrogen and oxygen atoms in total. The monoisotopic (exact) mass is 322 g/mol. The number of aliphatic hydroxyl groups is 1. The molecule has 1 aliphatic rings. The van der Waals surface area contributed by atoms with Gasteiger partial charge in [-0.15, -0.1) is 0 Å². The van der Waals surface area contributed by atoms with Gasteiger partial charge in [0.1, 0.15) is 12.0 Å². The van der Waals surface area contributed by atoms with E-state index in [4.69, 9.17) is 4.52 Å². The van der Waals surface area contributed by atoms with Gasteiger partial charge in [0.25, 0.3) is 0 Å². The molecule has 1 N–H and O–H groups in total. The molecule has 1 atom stereocenters. The third-order valence-corrected chi connectivity index (χ3v) is 5.76. The molecule has 0 fully saturated rings.